The lowest BCUT2D eigenvalue weighted by molar-refractivity contribution is 0.778. The number of halogens is 1. The van der Waals surface area contributed by atoms with Crippen LogP contribution in [0.4, 0.5) is 5.95 Å². The van der Waals surface area contributed by atoms with Crippen LogP contribution in [-0.4, -0.2) is 14.8 Å². The molecule has 2 aromatic rings. The van der Waals surface area contributed by atoms with Crippen LogP contribution in [0.1, 0.15) is 0 Å². The van der Waals surface area contributed by atoms with E-state index in [0.29, 0.717) is 5.95 Å². The first-order valence-electron chi connectivity index (χ1n) is 4.10. The average Bonchev–Trinajstić information content (AvgIpc) is 2.46. The average molecular weight is 253 g/mol. The second-order valence-corrected chi connectivity index (χ2v) is 3.75. The standard InChI is InChI=1S/C9H9BrN4/c1-14-8(12-9(11)13-14)6-4-2-3-5-7(6)10/h2-5H,1H3,(H2,11,13). The Balaban J connectivity index is 2.60. The molecule has 0 aliphatic heterocycles. The van der Waals surface area contributed by atoms with Gasteiger partial charge in [0.15, 0.2) is 5.82 Å². The van der Waals surface area contributed by atoms with Gasteiger partial charge in [0.25, 0.3) is 0 Å². The molecule has 0 fully saturated rings. The predicted molar refractivity (Wildman–Crippen MR) is 58.6 cm³/mol. The van der Waals surface area contributed by atoms with Gasteiger partial charge in [-0.2, -0.15) is 4.98 Å². The number of anilines is 1. The molecule has 0 bridgehead atoms. The lowest BCUT2D eigenvalue weighted by atomic mass is 10.2. The van der Waals surface area contributed by atoms with Gasteiger partial charge in [-0.25, -0.2) is 4.68 Å². The largest absolute Gasteiger partial charge is 0.366 e. The van der Waals surface area contributed by atoms with Crippen LogP contribution in [0.15, 0.2) is 28.7 Å². The summed E-state index contributed by atoms with van der Waals surface area (Å²) in [6.45, 7) is 0. The number of aryl methyl sites for hydroxylation is 1. The molecule has 0 saturated heterocycles. The predicted octanol–water partition coefficient (Wildman–Crippen LogP) is 1.83. The molecular weight excluding hydrogens is 244 g/mol. The molecule has 2 rings (SSSR count). The first-order valence-corrected chi connectivity index (χ1v) is 4.89. The molecule has 2 N–H and O–H groups in total. The molecule has 5 heteroatoms. The summed E-state index contributed by atoms with van der Waals surface area (Å²) in [7, 11) is 1.82. The highest BCUT2D eigenvalue weighted by atomic mass is 79.9. The van der Waals surface area contributed by atoms with Crippen LogP contribution in [0, 0.1) is 0 Å². The maximum atomic E-state index is 5.51. The minimum atomic E-state index is 0.290. The van der Waals surface area contributed by atoms with Gasteiger partial charge in [0.2, 0.25) is 5.95 Å². The number of nitrogens with two attached hydrogens (primary N) is 1. The molecule has 0 spiro atoms. The van der Waals surface area contributed by atoms with Gasteiger partial charge < -0.3 is 5.73 Å². The van der Waals surface area contributed by atoms with Crippen LogP contribution < -0.4 is 5.73 Å². The van der Waals surface area contributed by atoms with E-state index in [2.05, 4.69) is 26.0 Å². The van der Waals surface area contributed by atoms with Crippen LogP contribution in [0.25, 0.3) is 11.4 Å². The zero-order valence-electron chi connectivity index (χ0n) is 7.61. The van der Waals surface area contributed by atoms with E-state index in [4.69, 9.17) is 5.73 Å². The van der Waals surface area contributed by atoms with E-state index in [0.717, 1.165) is 15.9 Å². The Hall–Kier alpha value is -1.36. The third kappa shape index (κ3) is 1.50. The van der Waals surface area contributed by atoms with Crippen molar-refractivity contribution in [1.82, 2.24) is 14.8 Å². The SMILES string of the molecule is Cn1nc(N)nc1-c1ccccc1Br. The molecule has 0 atom stereocenters. The first kappa shape index (κ1) is 9.21. The van der Waals surface area contributed by atoms with Crippen LogP contribution in [0.3, 0.4) is 0 Å². The fourth-order valence-electron chi connectivity index (χ4n) is 1.28. The van der Waals surface area contributed by atoms with E-state index < -0.39 is 0 Å². The highest BCUT2D eigenvalue weighted by Crippen LogP contribution is 2.26. The Morgan fingerprint density at radius 3 is 2.64 bits per heavy atom. The van der Waals surface area contributed by atoms with Crippen molar-refractivity contribution in [3.05, 3.63) is 28.7 Å². The van der Waals surface area contributed by atoms with E-state index in [9.17, 15) is 0 Å². The van der Waals surface area contributed by atoms with Gasteiger partial charge in [-0.15, -0.1) is 5.10 Å². The van der Waals surface area contributed by atoms with Gasteiger partial charge in [-0.1, -0.05) is 34.1 Å². The molecule has 14 heavy (non-hydrogen) atoms. The number of hydrogen-bond acceptors (Lipinski definition) is 3. The minimum Gasteiger partial charge on any atom is -0.366 e. The lowest BCUT2D eigenvalue weighted by Gasteiger charge is -2.01. The summed E-state index contributed by atoms with van der Waals surface area (Å²) in [6, 6.07) is 7.83. The summed E-state index contributed by atoms with van der Waals surface area (Å²) in [5, 5.41) is 3.99. The van der Waals surface area contributed by atoms with Crippen LogP contribution >= 0.6 is 15.9 Å². The Labute approximate surface area is 89.9 Å². The monoisotopic (exact) mass is 252 g/mol. The Bertz CT molecular complexity index is 464. The summed E-state index contributed by atoms with van der Waals surface area (Å²) in [4.78, 5) is 4.14. The topological polar surface area (TPSA) is 56.7 Å². The van der Waals surface area contributed by atoms with E-state index in [1.54, 1.807) is 4.68 Å². The van der Waals surface area contributed by atoms with Crippen LogP contribution in [-0.2, 0) is 7.05 Å². The molecule has 72 valence electrons. The molecule has 4 nitrogen and oxygen atoms in total. The van der Waals surface area contributed by atoms with Gasteiger partial charge >= 0.3 is 0 Å². The fourth-order valence-corrected chi connectivity index (χ4v) is 1.74. The third-order valence-corrected chi connectivity index (χ3v) is 2.59. The van der Waals surface area contributed by atoms with E-state index in [-0.39, 0.29) is 0 Å². The van der Waals surface area contributed by atoms with Gasteiger partial charge in [-0.05, 0) is 6.07 Å². The molecule has 0 unspecified atom stereocenters. The van der Waals surface area contributed by atoms with Crippen molar-refractivity contribution in [1.29, 1.82) is 0 Å². The van der Waals surface area contributed by atoms with Gasteiger partial charge in [0.05, 0.1) is 0 Å². The van der Waals surface area contributed by atoms with Crippen LogP contribution in [0.2, 0.25) is 0 Å². The Morgan fingerprint density at radius 2 is 2.07 bits per heavy atom. The lowest BCUT2D eigenvalue weighted by Crippen LogP contribution is -1.95. The second-order valence-electron chi connectivity index (χ2n) is 2.90. The maximum Gasteiger partial charge on any atom is 0.240 e. The smallest absolute Gasteiger partial charge is 0.240 e. The fraction of sp³-hybridized carbons (Fsp3) is 0.111. The summed E-state index contributed by atoms with van der Waals surface area (Å²) < 4.78 is 2.64. The van der Waals surface area contributed by atoms with E-state index >= 15 is 0 Å². The van der Waals surface area contributed by atoms with Crippen LogP contribution in [0.5, 0.6) is 0 Å². The Kier molecular flexibility index (Phi) is 2.25. The van der Waals surface area contributed by atoms with Crippen molar-refractivity contribution in [3.8, 4) is 11.4 Å². The Morgan fingerprint density at radius 1 is 1.36 bits per heavy atom. The highest BCUT2D eigenvalue weighted by Gasteiger charge is 2.09. The van der Waals surface area contributed by atoms with Gasteiger partial charge in [-0.3, -0.25) is 0 Å². The number of benzene rings is 1. The summed E-state index contributed by atoms with van der Waals surface area (Å²) in [6.07, 6.45) is 0. The molecular formula is C9H9BrN4. The van der Waals surface area contributed by atoms with E-state index in [1.807, 2.05) is 31.3 Å². The summed E-state index contributed by atoms with van der Waals surface area (Å²) >= 11 is 3.45. The molecule has 1 heterocycles. The third-order valence-electron chi connectivity index (χ3n) is 1.89. The van der Waals surface area contributed by atoms with Gasteiger partial charge in [0.1, 0.15) is 0 Å². The van der Waals surface area contributed by atoms with Gasteiger partial charge in [0, 0.05) is 17.1 Å². The molecule has 0 aliphatic carbocycles. The molecule has 0 aliphatic rings. The molecule has 1 aromatic carbocycles. The van der Waals surface area contributed by atoms with Crippen molar-refractivity contribution < 1.29 is 0 Å². The minimum absolute atomic E-state index is 0.290. The quantitative estimate of drug-likeness (QED) is 0.843. The van der Waals surface area contributed by atoms with Crippen molar-refractivity contribution >= 4 is 21.9 Å². The zero-order chi connectivity index (χ0) is 10.1. The first-order chi connectivity index (χ1) is 6.68. The molecule has 1 aromatic heterocycles. The van der Waals surface area contributed by atoms with E-state index in [1.165, 1.54) is 0 Å². The normalized spacial score (nSPS) is 10.4. The molecule has 0 saturated carbocycles. The van der Waals surface area contributed by atoms with Crippen molar-refractivity contribution in [2.75, 3.05) is 5.73 Å². The summed E-state index contributed by atoms with van der Waals surface area (Å²) in [5.74, 6) is 1.05. The molecule has 0 radical (unpaired) electrons. The second kappa shape index (κ2) is 3.42. The zero-order valence-corrected chi connectivity index (χ0v) is 9.19. The van der Waals surface area contributed by atoms with Crippen molar-refractivity contribution in [3.63, 3.8) is 0 Å². The van der Waals surface area contributed by atoms with Crippen molar-refractivity contribution in [2.24, 2.45) is 7.05 Å². The maximum absolute atomic E-state index is 5.51. The number of rotatable bonds is 1. The van der Waals surface area contributed by atoms with Crippen molar-refractivity contribution in [2.45, 2.75) is 0 Å². The number of nitrogens with zero attached hydrogens (tertiary/aromatic N) is 3. The number of nitrogen functional groups attached to an aromatic ring is 1. The molecule has 0 amide bonds. The summed E-state index contributed by atoms with van der Waals surface area (Å²) in [5.41, 5.74) is 6.49. The highest BCUT2D eigenvalue weighted by molar-refractivity contribution is 9.10. The number of hydrogen-bond donors (Lipinski definition) is 1. The number of aromatic nitrogens is 3.